The Hall–Kier alpha value is -4.08. The van der Waals surface area contributed by atoms with Crippen molar-refractivity contribution in [2.24, 2.45) is 5.10 Å². The number of pyridine rings is 1. The number of carbonyl (C=O) groups excluding carboxylic acids is 1. The van der Waals surface area contributed by atoms with Gasteiger partial charge in [0.05, 0.1) is 18.9 Å². The predicted molar refractivity (Wildman–Crippen MR) is 101 cm³/mol. The van der Waals surface area contributed by atoms with Crippen LogP contribution < -0.4 is 20.5 Å². The number of nitrogens with zero attached hydrogens (tertiary/aromatic N) is 4. The van der Waals surface area contributed by atoms with Crippen molar-refractivity contribution in [3.8, 4) is 11.5 Å². The number of esters is 1. The predicted octanol–water partition coefficient (Wildman–Crippen LogP) is 1.54. The fourth-order valence-corrected chi connectivity index (χ4v) is 2.10. The molecule has 3 rings (SSSR count). The summed E-state index contributed by atoms with van der Waals surface area (Å²) in [5.74, 6) is 0.178. The van der Waals surface area contributed by atoms with Gasteiger partial charge in [-0.3, -0.25) is 14.8 Å². The molecule has 0 aliphatic carbocycles. The second kappa shape index (κ2) is 8.54. The number of anilines is 1. The van der Waals surface area contributed by atoms with Crippen LogP contribution in [0.1, 0.15) is 21.6 Å². The van der Waals surface area contributed by atoms with E-state index in [-0.39, 0.29) is 23.0 Å². The van der Waals surface area contributed by atoms with Crippen molar-refractivity contribution >= 4 is 18.1 Å². The first-order chi connectivity index (χ1) is 13.6. The number of nitrogens with one attached hydrogen (secondary N) is 2. The third-order valence-corrected chi connectivity index (χ3v) is 3.53. The number of carbonyl (C=O) groups is 1. The number of aromatic nitrogens is 4. The van der Waals surface area contributed by atoms with E-state index in [1.54, 1.807) is 43.5 Å². The van der Waals surface area contributed by atoms with E-state index in [2.05, 4.69) is 30.7 Å². The quantitative estimate of drug-likeness (QED) is 0.285. The summed E-state index contributed by atoms with van der Waals surface area (Å²) in [7, 11) is 1.46. The Morgan fingerprint density at radius 1 is 1.25 bits per heavy atom. The van der Waals surface area contributed by atoms with Crippen LogP contribution in [0.5, 0.6) is 11.5 Å². The summed E-state index contributed by atoms with van der Waals surface area (Å²) in [5, 5.41) is 11.4. The lowest BCUT2D eigenvalue weighted by molar-refractivity contribution is 0.0729. The molecule has 0 aliphatic heterocycles. The number of hydrazone groups is 1. The van der Waals surface area contributed by atoms with Gasteiger partial charge in [-0.1, -0.05) is 0 Å². The summed E-state index contributed by atoms with van der Waals surface area (Å²) < 4.78 is 10.6. The Balaban J connectivity index is 1.71. The number of methoxy groups -OCH3 is 1. The molecule has 0 radical (unpaired) electrons. The summed E-state index contributed by atoms with van der Waals surface area (Å²) in [6.45, 7) is 1.55. The van der Waals surface area contributed by atoms with Gasteiger partial charge in [0.25, 0.3) is 5.56 Å². The molecule has 0 amide bonds. The lowest BCUT2D eigenvalue weighted by Gasteiger charge is -2.09. The molecule has 0 fully saturated rings. The van der Waals surface area contributed by atoms with Gasteiger partial charge in [-0.15, -0.1) is 10.2 Å². The van der Waals surface area contributed by atoms with Crippen LogP contribution >= 0.6 is 0 Å². The Morgan fingerprint density at radius 2 is 2.11 bits per heavy atom. The molecule has 1 aromatic carbocycles. The molecular weight excluding hydrogens is 364 g/mol. The van der Waals surface area contributed by atoms with Crippen LogP contribution in [0.4, 0.5) is 5.95 Å². The first-order valence-electron chi connectivity index (χ1n) is 8.10. The largest absolute Gasteiger partial charge is 0.493 e. The minimum atomic E-state index is -0.545. The maximum Gasteiger partial charge on any atom is 0.345 e. The van der Waals surface area contributed by atoms with Crippen molar-refractivity contribution < 1.29 is 14.3 Å². The zero-order chi connectivity index (χ0) is 19.9. The van der Waals surface area contributed by atoms with E-state index in [1.165, 1.54) is 19.5 Å². The number of ether oxygens (including phenoxy) is 2. The van der Waals surface area contributed by atoms with Crippen LogP contribution in [-0.2, 0) is 0 Å². The van der Waals surface area contributed by atoms with Gasteiger partial charge in [-0.25, -0.2) is 10.2 Å². The number of benzene rings is 1. The van der Waals surface area contributed by atoms with Gasteiger partial charge in [0.2, 0.25) is 5.95 Å². The first kappa shape index (κ1) is 18.7. The normalized spacial score (nSPS) is 10.6. The molecule has 2 N–H and O–H groups in total. The number of hydrogen-bond donors (Lipinski definition) is 2. The van der Waals surface area contributed by atoms with Gasteiger partial charge in [0.1, 0.15) is 5.69 Å². The van der Waals surface area contributed by atoms with Crippen molar-refractivity contribution in [2.45, 2.75) is 6.92 Å². The van der Waals surface area contributed by atoms with Crippen molar-refractivity contribution in [3.05, 3.63) is 69.9 Å². The first-order valence-corrected chi connectivity index (χ1v) is 8.10. The number of aryl methyl sites for hydroxylation is 1. The number of rotatable bonds is 6. The second-order valence-electron chi connectivity index (χ2n) is 5.50. The molecule has 0 spiro atoms. The van der Waals surface area contributed by atoms with Crippen LogP contribution in [0.2, 0.25) is 0 Å². The van der Waals surface area contributed by atoms with Crippen LogP contribution in [0.15, 0.2) is 52.6 Å². The summed E-state index contributed by atoms with van der Waals surface area (Å²) >= 11 is 0. The number of H-pyrrole nitrogens is 1. The van der Waals surface area contributed by atoms with Gasteiger partial charge in [0, 0.05) is 12.4 Å². The summed E-state index contributed by atoms with van der Waals surface area (Å²) in [5.41, 5.74) is 3.47. The van der Waals surface area contributed by atoms with E-state index in [0.717, 1.165) is 0 Å². The van der Waals surface area contributed by atoms with Crippen molar-refractivity contribution in [1.29, 1.82) is 0 Å². The van der Waals surface area contributed by atoms with Gasteiger partial charge < -0.3 is 9.47 Å². The maximum absolute atomic E-state index is 12.2. The fraction of sp³-hybridized carbons (Fsp3) is 0.111. The van der Waals surface area contributed by atoms with Crippen LogP contribution in [0.3, 0.4) is 0 Å². The maximum atomic E-state index is 12.2. The van der Waals surface area contributed by atoms with Crippen molar-refractivity contribution in [1.82, 2.24) is 20.2 Å². The number of hydrogen-bond acceptors (Lipinski definition) is 9. The third-order valence-electron chi connectivity index (χ3n) is 3.53. The van der Waals surface area contributed by atoms with Crippen LogP contribution in [0, 0.1) is 6.92 Å². The molecule has 0 saturated heterocycles. The fourth-order valence-electron chi connectivity index (χ4n) is 2.10. The molecule has 142 valence electrons. The standard InChI is InChI=1S/C18H16N6O4/c1-11-16(25)21-18(24-22-11)23-20-9-12-5-6-14(15(8-12)27-2)28-17(26)13-4-3-7-19-10-13/h3-10H,1-2H3,(H2,21,23,24,25)/b20-9-. The van der Waals surface area contributed by atoms with E-state index in [1.807, 2.05) is 0 Å². The lowest BCUT2D eigenvalue weighted by Crippen LogP contribution is -2.15. The molecule has 2 aromatic heterocycles. The topological polar surface area (TPSA) is 131 Å². The molecule has 3 aromatic rings. The Labute approximate surface area is 159 Å². The SMILES string of the molecule is COc1cc(/C=N\Nc2nnc(C)c(=O)[nH]2)ccc1OC(=O)c1cccnc1. The highest BCUT2D eigenvalue weighted by atomic mass is 16.6. The molecule has 0 saturated carbocycles. The molecule has 28 heavy (non-hydrogen) atoms. The van der Waals surface area contributed by atoms with Gasteiger partial charge in [-0.2, -0.15) is 5.10 Å². The van der Waals surface area contributed by atoms with Gasteiger partial charge in [-0.05, 0) is 42.8 Å². The molecule has 10 heteroatoms. The second-order valence-corrected chi connectivity index (χ2v) is 5.50. The minimum Gasteiger partial charge on any atom is -0.493 e. The molecular formula is C18H16N6O4. The third kappa shape index (κ3) is 4.55. The molecule has 10 nitrogen and oxygen atoms in total. The van der Waals surface area contributed by atoms with Crippen molar-refractivity contribution in [2.75, 3.05) is 12.5 Å². The molecule has 0 bridgehead atoms. The summed E-state index contributed by atoms with van der Waals surface area (Å²) in [6, 6.07) is 8.16. The Morgan fingerprint density at radius 3 is 2.82 bits per heavy atom. The zero-order valence-corrected chi connectivity index (χ0v) is 15.0. The monoisotopic (exact) mass is 380 g/mol. The van der Waals surface area contributed by atoms with E-state index < -0.39 is 5.97 Å². The smallest absolute Gasteiger partial charge is 0.345 e. The van der Waals surface area contributed by atoms with E-state index in [4.69, 9.17) is 9.47 Å². The molecule has 2 heterocycles. The van der Waals surface area contributed by atoms with E-state index in [0.29, 0.717) is 16.9 Å². The van der Waals surface area contributed by atoms with E-state index >= 15 is 0 Å². The molecule has 0 aliphatic rings. The lowest BCUT2D eigenvalue weighted by atomic mass is 10.2. The highest BCUT2D eigenvalue weighted by Gasteiger charge is 2.12. The van der Waals surface area contributed by atoms with Crippen molar-refractivity contribution in [3.63, 3.8) is 0 Å². The average Bonchev–Trinajstić information content (AvgIpc) is 2.72. The zero-order valence-electron chi connectivity index (χ0n) is 15.0. The van der Waals surface area contributed by atoms with Crippen LogP contribution in [-0.4, -0.2) is 39.5 Å². The Bertz CT molecular complexity index is 1070. The highest BCUT2D eigenvalue weighted by molar-refractivity contribution is 5.91. The van der Waals surface area contributed by atoms with E-state index in [9.17, 15) is 9.59 Å². The summed E-state index contributed by atoms with van der Waals surface area (Å²) in [6.07, 6.45) is 4.46. The Kier molecular flexibility index (Phi) is 5.70. The summed E-state index contributed by atoms with van der Waals surface area (Å²) in [4.78, 5) is 30.0. The number of aromatic amines is 1. The average molecular weight is 380 g/mol. The molecule has 0 atom stereocenters. The highest BCUT2D eigenvalue weighted by Crippen LogP contribution is 2.28. The minimum absolute atomic E-state index is 0.112. The van der Waals surface area contributed by atoms with Gasteiger partial charge >= 0.3 is 5.97 Å². The van der Waals surface area contributed by atoms with Crippen LogP contribution in [0.25, 0.3) is 0 Å². The van der Waals surface area contributed by atoms with Gasteiger partial charge in [0.15, 0.2) is 11.5 Å². The molecule has 0 unspecified atom stereocenters.